The molecule has 3 aromatic heterocycles. The van der Waals surface area contributed by atoms with Crippen LogP contribution in [-0.2, 0) is 16.9 Å². The summed E-state index contributed by atoms with van der Waals surface area (Å²) in [5, 5.41) is 38.2. The van der Waals surface area contributed by atoms with Gasteiger partial charge in [0.05, 0.1) is 23.0 Å². The lowest BCUT2D eigenvalue weighted by Gasteiger charge is -2.41. The molecule has 4 aromatic rings. The number of hydrogen-bond acceptors (Lipinski definition) is 8. The molecule has 3 aliphatic carbocycles. The van der Waals surface area contributed by atoms with Crippen LogP contribution in [0.3, 0.4) is 0 Å². The second kappa shape index (κ2) is 9.72. The highest BCUT2D eigenvalue weighted by Crippen LogP contribution is 2.57. The summed E-state index contributed by atoms with van der Waals surface area (Å²) in [6.45, 7) is 2.07. The predicted molar refractivity (Wildman–Crippen MR) is 147 cm³/mol. The first-order valence-corrected chi connectivity index (χ1v) is 14.9. The Bertz CT molecular complexity index is 1660. The Balaban J connectivity index is 1.14. The number of aliphatic hydroxyl groups is 1. The quantitative estimate of drug-likeness (QED) is 0.199. The largest absolute Gasteiger partial charge is 0.619 e. The molecular weight excluding hydrogens is 573 g/mol. The normalized spacial score (nSPS) is 25.7. The summed E-state index contributed by atoms with van der Waals surface area (Å²) < 4.78 is 28.0. The Labute approximate surface area is 243 Å². The smallest absolute Gasteiger partial charge is 0.335 e. The number of halogens is 2. The van der Waals surface area contributed by atoms with Gasteiger partial charge in [-0.2, -0.15) is 4.73 Å². The molecule has 3 aliphatic rings. The van der Waals surface area contributed by atoms with Crippen LogP contribution in [0, 0.1) is 29.8 Å². The zero-order chi connectivity index (χ0) is 28.6. The summed E-state index contributed by atoms with van der Waals surface area (Å²) in [6.07, 6.45) is 7.45. The number of benzene rings is 1. The van der Waals surface area contributed by atoms with Crippen LogP contribution in [0.4, 0.5) is 4.39 Å². The second-order valence-corrected chi connectivity index (χ2v) is 12.9. The van der Waals surface area contributed by atoms with Gasteiger partial charge in [-0.3, -0.25) is 0 Å². The molecule has 0 saturated heterocycles. The zero-order valence-electron chi connectivity index (χ0n) is 22.1. The molecule has 3 heterocycles. The third-order valence-electron chi connectivity index (χ3n) is 8.90. The van der Waals surface area contributed by atoms with Gasteiger partial charge in [0, 0.05) is 22.6 Å². The van der Waals surface area contributed by atoms with E-state index in [0.717, 1.165) is 54.4 Å². The first kappa shape index (κ1) is 26.8. The summed E-state index contributed by atoms with van der Waals surface area (Å²) in [5.41, 5.74) is 1.49. The van der Waals surface area contributed by atoms with Gasteiger partial charge in [-0.25, -0.2) is 14.2 Å². The number of pyridine rings is 1. The van der Waals surface area contributed by atoms with E-state index in [0.29, 0.717) is 49.1 Å². The molecule has 9 nitrogen and oxygen atoms in total. The van der Waals surface area contributed by atoms with Crippen molar-refractivity contribution in [3.8, 4) is 11.3 Å². The van der Waals surface area contributed by atoms with E-state index in [1.807, 2.05) is 6.92 Å². The van der Waals surface area contributed by atoms with E-state index in [2.05, 4.69) is 10.1 Å². The fourth-order valence-electron chi connectivity index (χ4n) is 6.75. The molecule has 2 unspecified atom stereocenters. The van der Waals surface area contributed by atoms with Crippen LogP contribution < -0.4 is 4.73 Å². The van der Waals surface area contributed by atoms with Crippen molar-refractivity contribution in [2.45, 2.75) is 69.7 Å². The van der Waals surface area contributed by atoms with Gasteiger partial charge in [-0.15, -0.1) is 11.3 Å². The van der Waals surface area contributed by atoms with Gasteiger partial charge in [0.2, 0.25) is 0 Å². The topological polar surface area (TPSA) is 133 Å². The zero-order valence-corrected chi connectivity index (χ0v) is 23.7. The van der Waals surface area contributed by atoms with Gasteiger partial charge < -0.3 is 24.7 Å². The molecule has 41 heavy (non-hydrogen) atoms. The van der Waals surface area contributed by atoms with E-state index in [-0.39, 0.29) is 41.5 Å². The van der Waals surface area contributed by atoms with Crippen molar-refractivity contribution in [1.29, 1.82) is 0 Å². The SMILES string of the molecule is Cc1c[n+]([O-])cc(Cl)c1-c1noc(C2CC2)c1COC1C[C@H]2CC[C@@H](C1)C2(O)c1nc2c(F)cc(C(=O)O)cc2s1. The van der Waals surface area contributed by atoms with Gasteiger partial charge >= 0.3 is 5.97 Å². The minimum absolute atomic E-state index is 0.0890. The standard InChI is InChI=1S/C29H27ClFN3O6S/c1-13-10-34(38)11-20(30)23(13)24-19(26(40-33-24)14-2-3-14)12-39-18-8-16-4-5-17(9-18)29(16,37)28-32-25-21(31)6-15(27(35)36)7-22(25)41-28/h6-7,10-11,14,16-18,37H,2-5,8-9,12H2,1H3,(H,35,36)/t16-,17+,18?,29?. The summed E-state index contributed by atoms with van der Waals surface area (Å²) in [5.74, 6) is -1.09. The first-order chi connectivity index (χ1) is 19.6. The number of thiazole rings is 1. The van der Waals surface area contributed by atoms with Crippen molar-refractivity contribution in [2.75, 3.05) is 0 Å². The Morgan fingerprint density at radius 1 is 1.27 bits per heavy atom. The average Bonchev–Trinajstić information content (AvgIpc) is 3.49. The maximum absolute atomic E-state index is 14.7. The molecule has 1 aromatic carbocycles. The minimum atomic E-state index is -1.22. The maximum Gasteiger partial charge on any atom is 0.335 e. The summed E-state index contributed by atoms with van der Waals surface area (Å²) >= 11 is 7.63. The number of rotatable bonds is 7. The van der Waals surface area contributed by atoms with Gasteiger partial charge in [-0.1, -0.05) is 16.8 Å². The highest BCUT2D eigenvalue weighted by atomic mass is 35.5. The van der Waals surface area contributed by atoms with Crippen molar-refractivity contribution >= 4 is 39.1 Å². The number of nitrogens with zero attached hydrogens (tertiary/aromatic N) is 3. The number of carboxylic acid groups (broad SMARTS) is 1. The average molecular weight is 600 g/mol. The Kier molecular flexibility index (Phi) is 6.35. The molecule has 3 saturated carbocycles. The lowest BCUT2D eigenvalue weighted by molar-refractivity contribution is -0.605. The molecule has 0 amide bonds. The van der Waals surface area contributed by atoms with E-state index in [1.165, 1.54) is 18.5 Å². The number of carboxylic acids is 1. The van der Waals surface area contributed by atoms with E-state index < -0.39 is 17.4 Å². The molecule has 0 spiro atoms. The lowest BCUT2D eigenvalue weighted by Crippen LogP contribution is -2.44. The van der Waals surface area contributed by atoms with Crippen molar-refractivity contribution in [3.63, 3.8) is 0 Å². The summed E-state index contributed by atoms with van der Waals surface area (Å²) in [7, 11) is 0. The number of fused-ring (bicyclic) bond motifs is 3. The molecule has 2 N–H and O–H groups in total. The van der Waals surface area contributed by atoms with Gasteiger partial charge in [0.15, 0.2) is 18.2 Å². The van der Waals surface area contributed by atoms with Crippen molar-refractivity contribution < 1.29 is 33.4 Å². The summed E-state index contributed by atoms with van der Waals surface area (Å²) in [6, 6.07) is 2.38. The van der Waals surface area contributed by atoms with Crippen LogP contribution in [0.2, 0.25) is 5.02 Å². The van der Waals surface area contributed by atoms with E-state index in [4.69, 9.17) is 20.9 Å². The molecule has 7 rings (SSSR count). The number of hydrogen-bond donors (Lipinski definition) is 2. The van der Waals surface area contributed by atoms with Crippen LogP contribution >= 0.6 is 22.9 Å². The molecule has 3 fully saturated rings. The van der Waals surface area contributed by atoms with Crippen LogP contribution in [0.15, 0.2) is 29.0 Å². The highest BCUT2D eigenvalue weighted by molar-refractivity contribution is 7.18. The fourth-order valence-corrected chi connectivity index (χ4v) is 8.36. The maximum atomic E-state index is 14.7. The minimum Gasteiger partial charge on any atom is -0.619 e. The second-order valence-electron chi connectivity index (χ2n) is 11.5. The van der Waals surface area contributed by atoms with E-state index in [9.17, 15) is 24.6 Å². The monoisotopic (exact) mass is 599 g/mol. The predicted octanol–water partition coefficient (Wildman–Crippen LogP) is 5.85. The van der Waals surface area contributed by atoms with Crippen molar-refractivity contribution in [3.05, 3.63) is 68.0 Å². The fraction of sp³-hybridized carbons (Fsp3) is 0.448. The molecule has 214 valence electrons. The number of aromatic nitrogens is 3. The number of aromatic carboxylic acids is 1. The van der Waals surface area contributed by atoms with E-state index >= 15 is 0 Å². The van der Waals surface area contributed by atoms with Crippen molar-refractivity contribution in [1.82, 2.24) is 10.1 Å². The van der Waals surface area contributed by atoms with Crippen LogP contribution in [0.5, 0.6) is 0 Å². The van der Waals surface area contributed by atoms with E-state index in [1.54, 1.807) is 0 Å². The Morgan fingerprint density at radius 2 is 2.00 bits per heavy atom. The lowest BCUT2D eigenvalue weighted by atomic mass is 9.73. The highest BCUT2D eigenvalue weighted by Gasteiger charge is 2.56. The molecule has 0 radical (unpaired) electrons. The number of ether oxygens (including phenoxy) is 1. The molecule has 0 aliphatic heterocycles. The van der Waals surface area contributed by atoms with Crippen LogP contribution in [0.1, 0.15) is 76.7 Å². The Hall–Kier alpha value is -3.12. The third-order valence-corrected chi connectivity index (χ3v) is 10.3. The van der Waals surface area contributed by atoms with Gasteiger partial charge in [-0.05, 0) is 69.4 Å². The molecular formula is C29H27ClFN3O6S. The van der Waals surface area contributed by atoms with Crippen molar-refractivity contribution in [2.24, 2.45) is 11.8 Å². The number of carbonyl (C=O) groups is 1. The van der Waals surface area contributed by atoms with Crippen LogP contribution in [-0.4, -0.2) is 32.4 Å². The third kappa shape index (κ3) is 4.41. The summed E-state index contributed by atoms with van der Waals surface area (Å²) in [4.78, 5) is 15.9. The molecule has 2 bridgehead atoms. The van der Waals surface area contributed by atoms with Gasteiger partial charge in [0.1, 0.15) is 32.6 Å². The van der Waals surface area contributed by atoms with Gasteiger partial charge in [0.25, 0.3) is 0 Å². The molecule has 12 heteroatoms. The van der Waals surface area contributed by atoms with Crippen LogP contribution in [0.25, 0.3) is 21.5 Å². The first-order valence-electron chi connectivity index (χ1n) is 13.7. The molecule has 4 atom stereocenters. The number of aryl methyl sites for hydroxylation is 1. The Morgan fingerprint density at radius 3 is 2.66 bits per heavy atom.